The van der Waals surface area contributed by atoms with Crippen LogP contribution < -0.4 is 0 Å². The van der Waals surface area contributed by atoms with Crippen molar-refractivity contribution in [2.45, 2.75) is 19.3 Å². The summed E-state index contributed by atoms with van der Waals surface area (Å²) in [6, 6.07) is 7.83. The molecule has 0 bridgehead atoms. The average Bonchev–Trinajstić information content (AvgIpc) is 3.16. The van der Waals surface area contributed by atoms with E-state index in [0.29, 0.717) is 18.2 Å². The van der Waals surface area contributed by atoms with Crippen LogP contribution in [0.2, 0.25) is 5.02 Å². The quantitative estimate of drug-likeness (QED) is 0.594. The summed E-state index contributed by atoms with van der Waals surface area (Å²) in [7, 11) is 1.87. The van der Waals surface area contributed by atoms with Gasteiger partial charge in [0.1, 0.15) is 10.7 Å². The van der Waals surface area contributed by atoms with Gasteiger partial charge in [-0.2, -0.15) is 5.10 Å². The average molecular weight is 401 g/mol. The molecule has 1 aliphatic carbocycles. The van der Waals surface area contributed by atoms with Crippen LogP contribution in [-0.4, -0.2) is 38.7 Å². The van der Waals surface area contributed by atoms with Gasteiger partial charge in [0.15, 0.2) is 0 Å². The second-order valence-electron chi connectivity index (χ2n) is 7.01. The highest BCUT2D eigenvalue weighted by molar-refractivity contribution is 7.13. The van der Waals surface area contributed by atoms with Crippen molar-refractivity contribution in [2.75, 3.05) is 13.1 Å². The van der Waals surface area contributed by atoms with E-state index in [1.54, 1.807) is 10.9 Å². The minimum absolute atomic E-state index is 0.0160. The maximum absolute atomic E-state index is 13.1. The van der Waals surface area contributed by atoms with Gasteiger partial charge in [-0.15, -0.1) is 11.3 Å². The van der Waals surface area contributed by atoms with E-state index in [4.69, 9.17) is 11.6 Å². The van der Waals surface area contributed by atoms with Gasteiger partial charge in [0.2, 0.25) is 0 Å². The SMILES string of the molecule is Cn1cc(-c2nc(C(=O)N(CCc3ccc(Cl)cc3)CC3CC3)cs2)cn1. The van der Waals surface area contributed by atoms with Crippen molar-refractivity contribution in [1.82, 2.24) is 19.7 Å². The van der Waals surface area contributed by atoms with E-state index in [1.165, 1.54) is 29.7 Å². The van der Waals surface area contributed by atoms with Gasteiger partial charge in [-0.05, 0) is 42.9 Å². The molecule has 1 aromatic carbocycles. The van der Waals surface area contributed by atoms with E-state index in [0.717, 1.165) is 28.6 Å². The molecular weight excluding hydrogens is 380 g/mol. The van der Waals surface area contributed by atoms with Crippen LogP contribution in [0.5, 0.6) is 0 Å². The molecular formula is C20H21ClN4OS. The van der Waals surface area contributed by atoms with Crippen LogP contribution in [0.4, 0.5) is 0 Å². The van der Waals surface area contributed by atoms with E-state index < -0.39 is 0 Å². The fourth-order valence-electron chi connectivity index (χ4n) is 3.00. The summed E-state index contributed by atoms with van der Waals surface area (Å²) in [6.07, 6.45) is 6.92. The number of aryl methyl sites for hydroxylation is 1. The smallest absolute Gasteiger partial charge is 0.273 e. The molecule has 3 aromatic rings. The monoisotopic (exact) mass is 400 g/mol. The molecule has 1 saturated carbocycles. The van der Waals surface area contributed by atoms with Gasteiger partial charge in [0.05, 0.1) is 6.20 Å². The molecule has 0 unspecified atom stereocenters. The van der Waals surface area contributed by atoms with Gasteiger partial charge >= 0.3 is 0 Å². The predicted molar refractivity (Wildman–Crippen MR) is 108 cm³/mol. The molecule has 0 spiro atoms. The fraction of sp³-hybridized carbons (Fsp3) is 0.350. The minimum Gasteiger partial charge on any atom is -0.337 e. The van der Waals surface area contributed by atoms with Crippen molar-refractivity contribution in [3.63, 3.8) is 0 Å². The standard InChI is InChI=1S/C20H21ClN4OS/c1-24-12-16(10-22-24)19-23-18(13-27-19)20(26)25(11-15-2-3-15)9-8-14-4-6-17(21)7-5-14/h4-7,10,12-13,15H,2-3,8-9,11H2,1H3. The van der Waals surface area contributed by atoms with E-state index in [2.05, 4.69) is 10.1 Å². The molecule has 0 aliphatic heterocycles. The lowest BCUT2D eigenvalue weighted by Crippen LogP contribution is -2.35. The summed E-state index contributed by atoms with van der Waals surface area (Å²) in [5.74, 6) is 0.651. The molecule has 0 N–H and O–H groups in total. The Kier molecular flexibility index (Phi) is 5.27. The second kappa shape index (κ2) is 7.82. The number of amides is 1. The number of nitrogens with zero attached hydrogens (tertiary/aromatic N) is 4. The summed E-state index contributed by atoms with van der Waals surface area (Å²) in [6.45, 7) is 1.50. The molecule has 1 amide bonds. The molecule has 27 heavy (non-hydrogen) atoms. The number of carbonyl (C=O) groups is 1. The predicted octanol–water partition coefficient (Wildman–Crippen LogP) is 4.29. The molecule has 2 heterocycles. The fourth-order valence-corrected chi connectivity index (χ4v) is 3.90. The van der Waals surface area contributed by atoms with Crippen molar-refractivity contribution in [2.24, 2.45) is 13.0 Å². The van der Waals surface area contributed by atoms with Crippen molar-refractivity contribution in [3.8, 4) is 10.6 Å². The van der Waals surface area contributed by atoms with Gasteiger partial charge in [0, 0.05) is 42.3 Å². The van der Waals surface area contributed by atoms with Crippen LogP contribution in [0.25, 0.3) is 10.6 Å². The first-order valence-corrected chi connectivity index (χ1v) is 10.3. The first-order valence-electron chi connectivity index (χ1n) is 9.07. The molecule has 1 fully saturated rings. The molecule has 140 valence electrons. The zero-order valence-electron chi connectivity index (χ0n) is 15.1. The largest absolute Gasteiger partial charge is 0.337 e. The van der Waals surface area contributed by atoms with Gasteiger partial charge in [-0.3, -0.25) is 9.48 Å². The van der Waals surface area contributed by atoms with Gasteiger partial charge in [0.25, 0.3) is 5.91 Å². The van der Waals surface area contributed by atoms with Crippen LogP contribution in [0, 0.1) is 5.92 Å². The molecule has 0 radical (unpaired) electrons. The molecule has 5 nitrogen and oxygen atoms in total. The summed E-state index contributed by atoms with van der Waals surface area (Å²) in [4.78, 5) is 19.6. The molecule has 0 atom stereocenters. The molecule has 0 saturated heterocycles. The Morgan fingerprint density at radius 1 is 1.33 bits per heavy atom. The summed E-state index contributed by atoms with van der Waals surface area (Å²) >= 11 is 7.44. The number of carbonyl (C=O) groups excluding carboxylic acids is 1. The van der Waals surface area contributed by atoms with E-state index >= 15 is 0 Å². The number of benzene rings is 1. The van der Waals surface area contributed by atoms with Gasteiger partial charge in [-0.1, -0.05) is 23.7 Å². The third kappa shape index (κ3) is 4.57. The van der Waals surface area contributed by atoms with Crippen molar-refractivity contribution in [1.29, 1.82) is 0 Å². The Hall–Kier alpha value is -2.18. The van der Waals surface area contributed by atoms with Crippen molar-refractivity contribution < 1.29 is 4.79 Å². The number of aromatic nitrogens is 3. The Labute approximate surface area is 167 Å². The maximum Gasteiger partial charge on any atom is 0.273 e. The maximum atomic E-state index is 13.1. The first kappa shape index (κ1) is 18.2. The van der Waals surface area contributed by atoms with Crippen LogP contribution in [0.15, 0.2) is 42.0 Å². The van der Waals surface area contributed by atoms with E-state index in [9.17, 15) is 4.79 Å². The highest BCUT2D eigenvalue weighted by Gasteiger charge is 2.28. The van der Waals surface area contributed by atoms with E-state index in [-0.39, 0.29) is 5.91 Å². The van der Waals surface area contributed by atoms with Crippen molar-refractivity contribution in [3.05, 3.63) is 58.3 Å². The molecule has 4 rings (SSSR count). The Morgan fingerprint density at radius 3 is 2.78 bits per heavy atom. The summed E-state index contributed by atoms with van der Waals surface area (Å²) in [5.41, 5.74) is 2.65. The van der Waals surface area contributed by atoms with Crippen LogP contribution in [-0.2, 0) is 13.5 Å². The minimum atomic E-state index is 0.0160. The number of halogens is 1. The highest BCUT2D eigenvalue weighted by atomic mass is 35.5. The van der Waals surface area contributed by atoms with Crippen LogP contribution in [0.1, 0.15) is 28.9 Å². The summed E-state index contributed by atoms with van der Waals surface area (Å²) < 4.78 is 1.74. The number of rotatable bonds is 7. The highest BCUT2D eigenvalue weighted by Crippen LogP contribution is 2.31. The number of hydrogen-bond acceptors (Lipinski definition) is 4. The van der Waals surface area contributed by atoms with Crippen LogP contribution in [0.3, 0.4) is 0 Å². The zero-order chi connectivity index (χ0) is 18.8. The normalized spacial score (nSPS) is 13.7. The third-order valence-electron chi connectivity index (χ3n) is 4.72. The number of thiazole rings is 1. The van der Waals surface area contributed by atoms with E-state index in [1.807, 2.05) is 47.8 Å². The second-order valence-corrected chi connectivity index (χ2v) is 8.31. The van der Waals surface area contributed by atoms with Gasteiger partial charge < -0.3 is 4.90 Å². The Morgan fingerprint density at radius 2 is 2.11 bits per heavy atom. The molecule has 1 aliphatic rings. The summed E-state index contributed by atoms with van der Waals surface area (Å²) in [5, 5.41) is 7.59. The molecule has 2 aromatic heterocycles. The Balaban J connectivity index is 1.47. The first-order chi connectivity index (χ1) is 13.1. The van der Waals surface area contributed by atoms with Crippen LogP contribution >= 0.6 is 22.9 Å². The van der Waals surface area contributed by atoms with Gasteiger partial charge in [-0.25, -0.2) is 4.98 Å². The number of hydrogen-bond donors (Lipinski definition) is 0. The lowest BCUT2D eigenvalue weighted by molar-refractivity contribution is 0.0744. The molecule has 7 heteroatoms. The topological polar surface area (TPSA) is 51.0 Å². The van der Waals surface area contributed by atoms with Crippen molar-refractivity contribution >= 4 is 28.8 Å². The Bertz CT molecular complexity index is 930. The lowest BCUT2D eigenvalue weighted by atomic mass is 10.1. The lowest BCUT2D eigenvalue weighted by Gasteiger charge is -2.22. The zero-order valence-corrected chi connectivity index (χ0v) is 16.7. The third-order valence-corrected chi connectivity index (χ3v) is 5.86.